The van der Waals surface area contributed by atoms with Gasteiger partial charge in [0.05, 0.1) is 19.3 Å². The normalized spacial score (nSPS) is 10.0. The van der Waals surface area contributed by atoms with E-state index in [0.29, 0.717) is 29.2 Å². The first-order chi connectivity index (χ1) is 11.5. The van der Waals surface area contributed by atoms with Crippen molar-refractivity contribution in [1.82, 2.24) is 0 Å². The van der Waals surface area contributed by atoms with E-state index in [1.54, 1.807) is 18.2 Å². The zero-order valence-electron chi connectivity index (χ0n) is 14.5. The smallest absolute Gasteiger partial charge is 0.163 e. The van der Waals surface area contributed by atoms with Crippen molar-refractivity contribution in [3.8, 4) is 11.5 Å². The van der Waals surface area contributed by atoms with Crippen molar-refractivity contribution in [2.24, 2.45) is 5.18 Å². The maximum atomic E-state index is 11.8. The summed E-state index contributed by atoms with van der Waals surface area (Å²) in [6.45, 7) is 4.90. The van der Waals surface area contributed by atoms with E-state index in [2.05, 4.69) is 12.1 Å². The Balaban J connectivity index is 3.41. The molecule has 0 aliphatic rings. The number of rotatable bonds is 10. The minimum Gasteiger partial charge on any atom is -0.493 e. The fourth-order valence-corrected chi connectivity index (χ4v) is 2.36. The molecule has 1 aromatic carbocycles. The van der Waals surface area contributed by atoms with E-state index in [-0.39, 0.29) is 12.1 Å². The Kier molecular flexibility index (Phi) is 7.82. The molecule has 6 heteroatoms. The molecular formula is C18H23NO5. The molecule has 1 aromatic rings. The standard InChI is InChI=1S/C18H23NO5/c1-5-6-9-24-17-10-14(7-8-16(17)23-4)15(11-19-22)18(12(2)20)13(3)21/h7-8,10H,5-6,9,11H2,1-4H3. The van der Waals surface area contributed by atoms with Crippen LogP contribution >= 0.6 is 0 Å². The monoisotopic (exact) mass is 333 g/mol. The van der Waals surface area contributed by atoms with Gasteiger partial charge in [0, 0.05) is 0 Å². The van der Waals surface area contributed by atoms with Gasteiger partial charge in [-0.25, -0.2) is 0 Å². The zero-order valence-corrected chi connectivity index (χ0v) is 14.5. The lowest BCUT2D eigenvalue weighted by atomic mass is 9.95. The van der Waals surface area contributed by atoms with Crippen LogP contribution in [0, 0.1) is 4.91 Å². The van der Waals surface area contributed by atoms with Crippen molar-refractivity contribution in [2.75, 3.05) is 20.3 Å². The van der Waals surface area contributed by atoms with Crippen molar-refractivity contribution in [3.05, 3.63) is 34.2 Å². The molecule has 0 radical (unpaired) electrons. The number of carbonyl (C=O) groups excluding carboxylic acids is 2. The van der Waals surface area contributed by atoms with Gasteiger partial charge >= 0.3 is 0 Å². The molecule has 0 aliphatic carbocycles. The third kappa shape index (κ3) is 5.01. The fourth-order valence-electron chi connectivity index (χ4n) is 2.36. The van der Waals surface area contributed by atoms with E-state index in [1.807, 2.05) is 0 Å². The van der Waals surface area contributed by atoms with Gasteiger partial charge in [0.2, 0.25) is 0 Å². The minimum atomic E-state index is -0.398. The zero-order chi connectivity index (χ0) is 18.1. The third-order valence-electron chi connectivity index (χ3n) is 3.50. The van der Waals surface area contributed by atoms with Crippen LogP contribution in [-0.2, 0) is 9.59 Å². The number of ketones is 2. The molecule has 0 bridgehead atoms. The number of nitrogens with zero attached hydrogens (tertiary/aromatic N) is 1. The van der Waals surface area contributed by atoms with Crippen molar-refractivity contribution >= 4 is 17.1 Å². The second kappa shape index (κ2) is 9.60. The second-order valence-corrected chi connectivity index (χ2v) is 5.32. The molecule has 0 amide bonds. The van der Waals surface area contributed by atoms with Crippen LogP contribution in [0.15, 0.2) is 28.9 Å². The van der Waals surface area contributed by atoms with Gasteiger partial charge in [-0.15, -0.1) is 0 Å². The van der Waals surface area contributed by atoms with Gasteiger partial charge < -0.3 is 9.47 Å². The Labute approximate surface area is 141 Å². The van der Waals surface area contributed by atoms with E-state index >= 15 is 0 Å². The van der Waals surface area contributed by atoms with E-state index in [4.69, 9.17) is 9.47 Å². The molecule has 0 aromatic heterocycles. The molecule has 0 N–H and O–H groups in total. The largest absolute Gasteiger partial charge is 0.493 e. The molecule has 6 nitrogen and oxygen atoms in total. The Morgan fingerprint density at radius 3 is 2.29 bits per heavy atom. The van der Waals surface area contributed by atoms with Crippen LogP contribution in [0.2, 0.25) is 0 Å². The number of hydrogen-bond acceptors (Lipinski definition) is 6. The number of methoxy groups -OCH3 is 1. The Hall–Kier alpha value is -2.50. The highest BCUT2D eigenvalue weighted by Crippen LogP contribution is 2.32. The van der Waals surface area contributed by atoms with Crippen molar-refractivity contribution in [1.29, 1.82) is 0 Å². The van der Waals surface area contributed by atoms with Gasteiger partial charge in [-0.1, -0.05) is 24.6 Å². The summed E-state index contributed by atoms with van der Waals surface area (Å²) in [6, 6.07) is 5.03. The number of hydrogen-bond donors (Lipinski definition) is 0. The lowest BCUT2D eigenvalue weighted by molar-refractivity contribution is -0.119. The minimum absolute atomic E-state index is 0.0146. The maximum Gasteiger partial charge on any atom is 0.163 e. The molecule has 0 heterocycles. The number of carbonyl (C=O) groups is 2. The SMILES string of the molecule is CCCCOc1cc(C(CN=O)=C(C(C)=O)C(C)=O)ccc1OC. The highest BCUT2D eigenvalue weighted by molar-refractivity contribution is 6.23. The second-order valence-electron chi connectivity index (χ2n) is 5.32. The molecule has 0 fully saturated rings. The maximum absolute atomic E-state index is 11.8. The quantitative estimate of drug-likeness (QED) is 0.215. The number of unbranched alkanes of at least 4 members (excludes halogenated alkanes) is 1. The van der Waals surface area contributed by atoms with E-state index in [0.717, 1.165) is 12.8 Å². The van der Waals surface area contributed by atoms with Crippen molar-refractivity contribution < 1.29 is 19.1 Å². The average molecular weight is 333 g/mol. The molecule has 130 valence electrons. The molecular weight excluding hydrogens is 310 g/mol. The van der Waals surface area contributed by atoms with Crippen molar-refractivity contribution in [2.45, 2.75) is 33.6 Å². The Morgan fingerprint density at radius 2 is 1.79 bits per heavy atom. The topological polar surface area (TPSA) is 82.0 Å². The molecule has 0 spiro atoms. The Morgan fingerprint density at radius 1 is 1.12 bits per heavy atom. The number of Topliss-reactive ketones (excluding diaryl/α,β-unsaturated/α-hetero) is 2. The van der Waals surface area contributed by atoms with Crippen LogP contribution in [-0.4, -0.2) is 31.8 Å². The van der Waals surface area contributed by atoms with E-state index < -0.39 is 11.6 Å². The summed E-state index contributed by atoms with van der Waals surface area (Å²) in [5.41, 5.74) is 0.828. The summed E-state index contributed by atoms with van der Waals surface area (Å²) in [7, 11) is 1.53. The lowest BCUT2D eigenvalue weighted by Crippen LogP contribution is -2.11. The first-order valence-corrected chi connectivity index (χ1v) is 7.81. The van der Waals surface area contributed by atoms with Crippen molar-refractivity contribution in [3.63, 3.8) is 0 Å². The lowest BCUT2D eigenvalue weighted by Gasteiger charge is -2.14. The molecule has 0 aliphatic heterocycles. The molecule has 0 saturated carbocycles. The van der Waals surface area contributed by atoms with Crippen LogP contribution in [0.5, 0.6) is 11.5 Å². The molecule has 1 rings (SSSR count). The van der Waals surface area contributed by atoms with Crippen LogP contribution in [0.4, 0.5) is 0 Å². The van der Waals surface area contributed by atoms with Gasteiger partial charge in [0.15, 0.2) is 23.1 Å². The molecule has 0 unspecified atom stereocenters. The molecule has 0 saturated heterocycles. The number of nitroso groups, excluding NO2 is 1. The summed E-state index contributed by atoms with van der Waals surface area (Å²) in [5, 5.41) is 2.86. The summed E-state index contributed by atoms with van der Waals surface area (Å²) in [5.74, 6) is 0.245. The predicted octanol–water partition coefficient (Wildman–Crippen LogP) is 3.57. The van der Waals surface area contributed by atoms with Crippen LogP contribution in [0.25, 0.3) is 5.57 Å². The highest BCUT2D eigenvalue weighted by atomic mass is 16.5. The summed E-state index contributed by atoms with van der Waals surface area (Å²) >= 11 is 0. The van der Waals surface area contributed by atoms with Gasteiger partial charge in [-0.05, 0) is 43.5 Å². The summed E-state index contributed by atoms with van der Waals surface area (Å²) < 4.78 is 11.0. The predicted molar refractivity (Wildman–Crippen MR) is 92.3 cm³/mol. The van der Waals surface area contributed by atoms with Gasteiger partial charge in [0.1, 0.15) is 6.54 Å². The fraction of sp³-hybridized carbons (Fsp3) is 0.444. The average Bonchev–Trinajstić information content (AvgIpc) is 2.54. The van der Waals surface area contributed by atoms with Crippen LogP contribution < -0.4 is 9.47 Å². The van der Waals surface area contributed by atoms with Crippen LogP contribution in [0.3, 0.4) is 0 Å². The number of ether oxygens (including phenoxy) is 2. The Bertz CT molecular complexity index is 633. The van der Waals surface area contributed by atoms with E-state index in [9.17, 15) is 14.5 Å². The summed E-state index contributed by atoms with van der Waals surface area (Å²) in [6.07, 6.45) is 1.87. The number of benzene rings is 1. The first kappa shape index (κ1) is 19.5. The molecule has 24 heavy (non-hydrogen) atoms. The van der Waals surface area contributed by atoms with E-state index in [1.165, 1.54) is 21.0 Å². The van der Waals surface area contributed by atoms with Gasteiger partial charge in [-0.3, -0.25) is 9.59 Å². The first-order valence-electron chi connectivity index (χ1n) is 7.81. The summed E-state index contributed by atoms with van der Waals surface area (Å²) in [4.78, 5) is 34.4. The van der Waals surface area contributed by atoms with Gasteiger partial charge in [-0.2, -0.15) is 4.91 Å². The van der Waals surface area contributed by atoms with Gasteiger partial charge in [0.25, 0.3) is 0 Å². The van der Waals surface area contributed by atoms with Crippen LogP contribution in [0.1, 0.15) is 39.2 Å². The number of allylic oxidation sites excluding steroid dienone is 1. The molecule has 0 atom stereocenters. The highest BCUT2D eigenvalue weighted by Gasteiger charge is 2.19. The third-order valence-corrected chi connectivity index (χ3v) is 3.50.